The largest absolute Gasteiger partial charge is 0.393 e. The summed E-state index contributed by atoms with van der Waals surface area (Å²) in [6, 6.07) is 3.60. The number of hydrogen-bond acceptors (Lipinski definition) is 5. The molecule has 0 saturated carbocycles. The van der Waals surface area contributed by atoms with Crippen molar-refractivity contribution in [3.8, 4) is 0 Å². The first-order chi connectivity index (χ1) is 6.68. The number of tetrazole rings is 1. The monoisotopic (exact) mass is 193 g/mol. The highest BCUT2D eigenvalue weighted by Crippen LogP contribution is 2.16. The predicted octanol–water partition coefficient (Wildman–Crippen LogP) is 0.00360. The Morgan fingerprint density at radius 2 is 2.14 bits per heavy atom. The van der Waals surface area contributed by atoms with Gasteiger partial charge in [-0.1, -0.05) is 6.92 Å². The molecule has 0 aliphatic carbocycles. The van der Waals surface area contributed by atoms with Crippen molar-refractivity contribution in [3.63, 3.8) is 0 Å². The quantitative estimate of drug-likeness (QED) is 0.726. The molecule has 0 aromatic carbocycles. The molecule has 0 radical (unpaired) electrons. The molecule has 2 aromatic heterocycles. The van der Waals surface area contributed by atoms with Crippen LogP contribution in [0, 0.1) is 0 Å². The van der Waals surface area contributed by atoms with Crippen LogP contribution in [0.2, 0.25) is 0 Å². The number of nitrogens with zero attached hydrogens (tertiary/aromatic N) is 5. The SMILES string of the molecule is CC(O)C(C)c1ccc2nnnn2n1. The van der Waals surface area contributed by atoms with E-state index in [-0.39, 0.29) is 5.92 Å². The Bertz CT molecular complexity index is 438. The van der Waals surface area contributed by atoms with Crippen LogP contribution in [0.25, 0.3) is 5.65 Å². The highest BCUT2D eigenvalue weighted by Gasteiger charge is 2.13. The fraction of sp³-hybridized carbons (Fsp3) is 0.500. The minimum absolute atomic E-state index is 0.0244. The number of aromatic nitrogens is 5. The Kier molecular flexibility index (Phi) is 2.12. The van der Waals surface area contributed by atoms with Gasteiger partial charge in [-0.05, 0) is 29.5 Å². The van der Waals surface area contributed by atoms with Crippen molar-refractivity contribution in [1.29, 1.82) is 0 Å². The summed E-state index contributed by atoms with van der Waals surface area (Å²) < 4.78 is 1.36. The maximum atomic E-state index is 9.40. The van der Waals surface area contributed by atoms with Crippen molar-refractivity contribution < 1.29 is 5.11 Å². The Morgan fingerprint density at radius 1 is 1.36 bits per heavy atom. The smallest absolute Gasteiger partial charge is 0.199 e. The zero-order valence-corrected chi connectivity index (χ0v) is 7.99. The molecule has 0 amide bonds. The van der Waals surface area contributed by atoms with Gasteiger partial charge in [0, 0.05) is 5.92 Å². The van der Waals surface area contributed by atoms with Gasteiger partial charge in [-0.25, -0.2) is 0 Å². The van der Waals surface area contributed by atoms with Crippen molar-refractivity contribution in [2.75, 3.05) is 0 Å². The molecule has 2 rings (SSSR count). The third-order valence-corrected chi connectivity index (χ3v) is 2.28. The summed E-state index contributed by atoms with van der Waals surface area (Å²) in [5, 5.41) is 24.5. The van der Waals surface area contributed by atoms with E-state index in [2.05, 4.69) is 20.6 Å². The second-order valence-corrected chi connectivity index (χ2v) is 3.31. The van der Waals surface area contributed by atoms with Gasteiger partial charge in [-0.3, -0.25) is 0 Å². The molecule has 0 spiro atoms. The summed E-state index contributed by atoms with van der Waals surface area (Å²) >= 11 is 0. The van der Waals surface area contributed by atoms with Crippen LogP contribution in [-0.2, 0) is 0 Å². The van der Waals surface area contributed by atoms with Crippen molar-refractivity contribution in [3.05, 3.63) is 17.8 Å². The fourth-order valence-electron chi connectivity index (χ4n) is 1.15. The molecule has 6 nitrogen and oxygen atoms in total. The Balaban J connectivity index is 2.43. The van der Waals surface area contributed by atoms with Crippen molar-refractivity contribution in [2.24, 2.45) is 0 Å². The third-order valence-electron chi connectivity index (χ3n) is 2.28. The van der Waals surface area contributed by atoms with Crippen LogP contribution in [0.3, 0.4) is 0 Å². The Morgan fingerprint density at radius 3 is 2.86 bits per heavy atom. The predicted molar refractivity (Wildman–Crippen MR) is 48.7 cm³/mol. The van der Waals surface area contributed by atoms with E-state index in [9.17, 15) is 5.11 Å². The van der Waals surface area contributed by atoms with Crippen LogP contribution in [0.15, 0.2) is 12.1 Å². The summed E-state index contributed by atoms with van der Waals surface area (Å²) in [6.07, 6.45) is -0.434. The molecule has 6 heteroatoms. The number of fused-ring (bicyclic) bond motifs is 1. The number of hydrogen-bond donors (Lipinski definition) is 1. The normalized spacial score (nSPS) is 15.6. The average molecular weight is 193 g/mol. The van der Waals surface area contributed by atoms with Crippen molar-refractivity contribution in [2.45, 2.75) is 25.9 Å². The van der Waals surface area contributed by atoms with E-state index in [1.807, 2.05) is 13.0 Å². The molecule has 0 saturated heterocycles. The zero-order chi connectivity index (χ0) is 10.1. The summed E-state index contributed by atoms with van der Waals surface area (Å²) in [7, 11) is 0. The van der Waals surface area contributed by atoms with Crippen LogP contribution in [0.4, 0.5) is 0 Å². The molecule has 0 aliphatic rings. The molecule has 2 unspecified atom stereocenters. The first kappa shape index (κ1) is 9.01. The van der Waals surface area contributed by atoms with Crippen LogP contribution >= 0.6 is 0 Å². The summed E-state index contributed by atoms with van der Waals surface area (Å²) in [4.78, 5) is 0. The summed E-state index contributed by atoms with van der Waals surface area (Å²) in [5.74, 6) is -0.0244. The molecule has 14 heavy (non-hydrogen) atoms. The number of aliphatic hydroxyl groups is 1. The van der Waals surface area contributed by atoms with Gasteiger partial charge in [-0.15, -0.1) is 9.73 Å². The molecule has 74 valence electrons. The molecule has 1 N–H and O–H groups in total. The van der Waals surface area contributed by atoms with Crippen molar-refractivity contribution >= 4 is 5.65 Å². The van der Waals surface area contributed by atoms with Gasteiger partial charge in [0.25, 0.3) is 0 Å². The lowest BCUT2D eigenvalue weighted by atomic mass is 10.0. The first-order valence-corrected chi connectivity index (χ1v) is 4.42. The van der Waals surface area contributed by atoms with Crippen molar-refractivity contribution in [1.82, 2.24) is 25.3 Å². The highest BCUT2D eigenvalue weighted by atomic mass is 16.3. The Labute approximate surface area is 80.6 Å². The lowest BCUT2D eigenvalue weighted by molar-refractivity contribution is 0.166. The van der Waals surface area contributed by atoms with E-state index < -0.39 is 6.10 Å². The van der Waals surface area contributed by atoms with Gasteiger partial charge in [-0.2, -0.15) is 5.10 Å². The van der Waals surface area contributed by atoms with E-state index in [1.165, 1.54) is 4.63 Å². The van der Waals surface area contributed by atoms with Crippen LogP contribution in [0.1, 0.15) is 25.5 Å². The first-order valence-electron chi connectivity index (χ1n) is 4.42. The van der Waals surface area contributed by atoms with Gasteiger partial charge < -0.3 is 5.11 Å². The maximum Gasteiger partial charge on any atom is 0.199 e. The summed E-state index contributed by atoms with van der Waals surface area (Å²) in [6.45, 7) is 3.64. The molecule has 2 aromatic rings. The van der Waals surface area contributed by atoms with Gasteiger partial charge in [0.05, 0.1) is 11.8 Å². The molecule has 0 fully saturated rings. The minimum Gasteiger partial charge on any atom is -0.393 e. The van der Waals surface area contributed by atoms with E-state index >= 15 is 0 Å². The van der Waals surface area contributed by atoms with Gasteiger partial charge in [0.1, 0.15) is 0 Å². The topological polar surface area (TPSA) is 76.2 Å². The van der Waals surface area contributed by atoms with E-state index in [1.54, 1.807) is 13.0 Å². The maximum absolute atomic E-state index is 9.40. The average Bonchev–Trinajstić information content (AvgIpc) is 2.62. The van der Waals surface area contributed by atoms with Gasteiger partial charge in [0.2, 0.25) is 0 Å². The lowest BCUT2D eigenvalue weighted by Crippen LogP contribution is -2.14. The number of rotatable bonds is 2. The van der Waals surface area contributed by atoms with E-state index in [0.717, 1.165) is 5.69 Å². The van der Waals surface area contributed by atoms with Crippen LogP contribution in [0.5, 0.6) is 0 Å². The fourth-order valence-corrected chi connectivity index (χ4v) is 1.15. The standard InChI is InChI=1S/C8H11N5O/c1-5(6(2)14)7-3-4-8-9-11-12-13(8)10-7/h3-6,14H,1-2H3. The van der Waals surface area contributed by atoms with Gasteiger partial charge in [0.15, 0.2) is 5.65 Å². The molecule has 0 bridgehead atoms. The third kappa shape index (κ3) is 1.44. The molecule has 2 heterocycles. The zero-order valence-electron chi connectivity index (χ0n) is 7.99. The minimum atomic E-state index is -0.434. The molecular formula is C8H11N5O. The second-order valence-electron chi connectivity index (χ2n) is 3.31. The Hall–Kier alpha value is -1.56. The van der Waals surface area contributed by atoms with Crippen LogP contribution in [-0.4, -0.2) is 36.5 Å². The van der Waals surface area contributed by atoms with E-state index in [0.29, 0.717) is 5.65 Å². The lowest BCUT2D eigenvalue weighted by Gasteiger charge is -2.12. The molecule has 2 atom stereocenters. The van der Waals surface area contributed by atoms with Gasteiger partial charge >= 0.3 is 0 Å². The second kappa shape index (κ2) is 3.30. The summed E-state index contributed by atoms with van der Waals surface area (Å²) in [5.41, 5.74) is 1.38. The van der Waals surface area contributed by atoms with E-state index in [4.69, 9.17) is 0 Å². The highest BCUT2D eigenvalue weighted by molar-refractivity contribution is 5.33. The molecule has 0 aliphatic heterocycles. The number of aliphatic hydroxyl groups excluding tert-OH is 1. The molecular weight excluding hydrogens is 182 g/mol. The van der Waals surface area contributed by atoms with Crippen LogP contribution < -0.4 is 0 Å².